The number of esters is 2. The molecule has 0 N–H and O–H groups in total. The molecule has 1 saturated heterocycles. The van der Waals surface area contributed by atoms with Gasteiger partial charge in [-0.1, -0.05) is 24.3 Å². The van der Waals surface area contributed by atoms with Crippen molar-refractivity contribution >= 4 is 27.7 Å². The maximum absolute atomic E-state index is 13.1. The van der Waals surface area contributed by atoms with E-state index < -0.39 is 34.5 Å². The van der Waals surface area contributed by atoms with E-state index in [1.54, 1.807) is 30.3 Å². The molecule has 1 aliphatic rings. The van der Waals surface area contributed by atoms with Crippen molar-refractivity contribution in [2.75, 3.05) is 33.9 Å². The smallest absolute Gasteiger partial charge is 0.339 e. The molecule has 1 heterocycles. The van der Waals surface area contributed by atoms with E-state index in [4.69, 9.17) is 9.47 Å². The van der Waals surface area contributed by atoms with Crippen LogP contribution < -0.4 is 4.74 Å². The molecule has 176 valence electrons. The van der Waals surface area contributed by atoms with Crippen molar-refractivity contribution in [1.29, 1.82) is 0 Å². The van der Waals surface area contributed by atoms with Gasteiger partial charge in [0.1, 0.15) is 5.75 Å². The zero-order chi connectivity index (χ0) is 24.0. The van der Waals surface area contributed by atoms with Crippen molar-refractivity contribution in [2.24, 2.45) is 5.92 Å². The van der Waals surface area contributed by atoms with E-state index in [0.29, 0.717) is 11.3 Å². The predicted molar refractivity (Wildman–Crippen MR) is 118 cm³/mol. The highest BCUT2D eigenvalue weighted by Gasteiger charge is 2.35. The van der Waals surface area contributed by atoms with E-state index in [2.05, 4.69) is 4.74 Å². The Morgan fingerprint density at radius 2 is 1.55 bits per heavy atom. The lowest BCUT2D eigenvalue weighted by Crippen LogP contribution is -2.41. The lowest BCUT2D eigenvalue weighted by atomic mass is 9.98. The zero-order valence-electron chi connectivity index (χ0n) is 18.4. The minimum Gasteiger partial charge on any atom is -0.496 e. The number of para-hydroxylation sites is 1. The fourth-order valence-corrected chi connectivity index (χ4v) is 5.30. The van der Waals surface area contributed by atoms with Crippen LogP contribution in [0.4, 0.5) is 0 Å². The van der Waals surface area contributed by atoms with Crippen molar-refractivity contribution in [3.8, 4) is 5.75 Å². The molecule has 0 bridgehead atoms. The number of hydrogen-bond donors (Lipinski definition) is 0. The van der Waals surface area contributed by atoms with Crippen LogP contribution in [0.1, 0.15) is 33.6 Å². The summed E-state index contributed by atoms with van der Waals surface area (Å²) in [5, 5.41) is 0. The monoisotopic (exact) mass is 475 g/mol. The summed E-state index contributed by atoms with van der Waals surface area (Å²) in [4.78, 5) is 36.7. The molecule has 0 radical (unpaired) electrons. The molecule has 0 saturated carbocycles. The Morgan fingerprint density at radius 3 is 2.18 bits per heavy atom. The molecule has 33 heavy (non-hydrogen) atoms. The third-order valence-electron chi connectivity index (χ3n) is 5.45. The number of carbonyl (C=O) groups excluding carboxylic acids is 3. The number of carbonyl (C=O) groups is 3. The van der Waals surface area contributed by atoms with Gasteiger partial charge in [0.25, 0.3) is 0 Å². The van der Waals surface area contributed by atoms with Gasteiger partial charge in [0, 0.05) is 13.1 Å². The minimum atomic E-state index is -3.95. The molecule has 9 nitrogen and oxygen atoms in total. The van der Waals surface area contributed by atoms with Crippen LogP contribution in [-0.2, 0) is 24.3 Å². The first-order valence-electron chi connectivity index (χ1n) is 10.3. The first-order chi connectivity index (χ1) is 15.8. The van der Waals surface area contributed by atoms with Gasteiger partial charge >= 0.3 is 11.9 Å². The molecular formula is C23H25NO8S. The Bertz CT molecular complexity index is 1140. The molecule has 3 rings (SSSR count). The summed E-state index contributed by atoms with van der Waals surface area (Å²) in [7, 11) is -1.32. The average molecular weight is 476 g/mol. The molecule has 2 aromatic carbocycles. The number of piperidine rings is 1. The van der Waals surface area contributed by atoms with Crippen LogP contribution >= 0.6 is 0 Å². The van der Waals surface area contributed by atoms with E-state index in [-0.39, 0.29) is 42.2 Å². The summed E-state index contributed by atoms with van der Waals surface area (Å²) >= 11 is 0. The standard InChI is InChI=1S/C23H25NO8S/c1-30-20-9-5-3-7-17(20)19(25)15-32-22(26)16-11-13-24(14-12-16)33(28,29)21-10-6-4-8-18(21)23(27)31-2/h3-10,16H,11-15H2,1-2H3. The Morgan fingerprint density at radius 1 is 0.939 bits per heavy atom. The number of Topliss-reactive ketones (excluding diaryl/α,β-unsaturated/α-hetero) is 1. The molecule has 10 heteroatoms. The lowest BCUT2D eigenvalue weighted by molar-refractivity contribution is -0.148. The Labute approximate surface area is 192 Å². The maximum Gasteiger partial charge on any atom is 0.339 e. The number of nitrogens with zero attached hydrogens (tertiary/aromatic N) is 1. The van der Waals surface area contributed by atoms with Gasteiger partial charge in [0.15, 0.2) is 6.61 Å². The fraction of sp³-hybridized carbons (Fsp3) is 0.348. The van der Waals surface area contributed by atoms with Gasteiger partial charge < -0.3 is 14.2 Å². The van der Waals surface area contributed by atoms with Crippen molar-refractivity contribution in [3.63, 3.8) is 0 Å². The second-order valence-electron chi connectivity index (χ2n) is 7.40. The second-order valence-corrected chi connectivity index (χ2v) is 9.30. The van der Waals surface area contributed by atoms with Crippen molar-refractivity contribution in [1.82, 2.24) is 4.31 Å². The van der Waals surface area contributed by atoms with Crippen LogP contribution in [0.25, 0.3) is 0 Å². The summed E-state index contributed by atoms with van der Waals surface area (Å²) < 4.78 is 42.4. The number of benzene rings is 2. The zero-order valence-corrected chi connectivity index (χ0v) is 19.2. The van der Waals surface area contributed by atoms with Gasteiger partial charge in [-0.2, -0.15) is 4.31 Å². The van der Waals surface area contributed by atoms with E-state index in [0.717, 1.165) is 0 Å². The number of methoxy groups -OCH3 is 2. The third-order valence-corrected chi connectivity index (χ3v) is 7.41. The molecule has 1 aliphatic heterocycles. The van der Waals surface area contributed by atoms with Gasteiger partial charge in [-0.15, -0.1) is 0 Å². The van der Waals surface area contributed by atoms with Gasteiger partial charge in [0.05, 0.1) is 36.2 Å². The fourth-order valence-electron chi connectivity index (χ4n) is 3.65. The van der Waals surface area contributed by atoms with Crippen LogP contribution in [0.5, 0.6) is 5.75 Å². The number of ketones is 1. The van der Waals surface area contributed by atoms with Crippen LogP contribution in [0.15, 0.2) is 53.4 Å². The normalized spacial score (nSPS) is 15.0. The number of ether oxygens (including phenoxy) is 3. The summed E-state index contributed by atoms with van der Waals surface area (Å²) in [5.74, 6) is -1.82. The summed E-state index contributed by atoms with van der Waals surface area (Å²) in [5.41, 5.74) is 0.273. The van der Waals surface area contributed by atoms with Gasteiger partial charge in [0.2, 0.25) is 15.8 Å². The molecule has 0 spiro atoms. The van der Waals surface area contributed by atoms with Crippen LogP contribution in [-0.4, -0.2) is 64.4 Å². The molecule has 0 amide bonds. The maximum atomic E-state index is 13.1. The van der Waals surface area contributed by atoms with Gasteiger partial charge in [-0.05, 0) is 37.1 Å². The minimum absolute atomic E-state index is 0.0450. The first-order valence-corrected chi connectivity index (χ1v) is 11.7. The Balaban J connectivity index is 1.60. The second kappa shape index (κ2) is 10.6. The largest absolute Gasteiger partial charge is 0.496 e. The highest BCUT2D eigenvalue weighted by atomic mass is 32.2. The number of sulfonamides is 1. The van der Waals surface area contributed by atoms with Crippen molar-refractivity contribution in [3.05, 3.63) is 59.7 Å². The number of hydrogen-bond acceptors (Lipinski definition) is 8. The van der Waals surface area contributed by atoms with Crippen molar-refractivity contribution < 1.29 is 37.0 Å². The predicted octanol–water partition coefficient (Wildman–Crippen LogP) is 2.31. The number of rotatable bonds is 8. The summed E-state index contributed by atoms with van der Waals surface area (Å²) in [6.45, 7) is -0.264. The van der Waals surface area contributed by atoms with Crippen molar-refractivity contribution in [2.45, 2.75) is 17.7 Å². The molecule has 0 aromatic heterocycles. The Hall–Kier alpha value is -3.24. The lowest BCUT2D eigenvalue weighted by Gasteiger charge is -2.30. The topological polar surface area (TPSA) is 116 Å². The molecule has 0 atom stereocenters. The van der Waals surface area contributed by atoms with Gasteiger partial charge in [-0.25, -0.2) is 13.2 Å². The highest BCUT2D eigenvalue weighted by molar-refractivity contribution is 7.89. The Kier molecular flexibility index (Phi) is 7.83. The molecule has 2 aromatic rings. The van der Waals surface area contributed by atoms with Crippen LogP contribution in [0.2, 0.25) is 0 Å². The SMILES string of the molecule is COC(=O)c1ccccc1S(=O)(=O)N1CCC(C(=O)OCC(=O)c2ccccc2OC)CC1. The summed E-state index contributed by atoms with van der Waals surface area (Å²) in [6, 6.07) is 12.5. The van der Waals surface area contributed by atoms with Crippen LogP contribution in [0.3, 0.4) is 0 Å². The van der Waals surface area contributed by atoms with E-state index >= 15 is 0 Å². The van der Waals surface area contributed by atoms with E-state index in [9.17, 15) is 22.8 Å². The summed E-state index contributed by atoms with van der Waals surface area (Å²) in [6.07, 6.45) is 0.475. The highest BCUT2D eigenvalue weighted by Crippen LogP contribution is 2.27. The van der Waals surface area contributed by atoms with E-state index in [1.807, 2.05) is 0 Å². The molecule has 0 unspecified atom stereocenters. The van der Waals surface area contributed by atoms with Gasteiger partial charge in [-0.3, -0.25) is 9.59 Å². The quantitative estimate of drug-likeness (QED) is 0.422. The third kappa shape index (κ3) is 5.40. The average Bonchev–Trinajstić information content (AvgIpc) is 2.86. The molecular weight excluding hydrogens is 450 g/mol. The van der Waals surface area contributed by atoms with Crippen LogP contribution in [0, 0.1) is 5.92 Å². The molecule has 1 fully saturated rings. The molecule has 0 aliphatic carbocycles. The van der Waals surface area contributed by atoms with E-state index in [1.165, 1.54) is 36.7 Å². The first kappa shape index (κ1) is 24.4.